The van der Waals surface area contributed by atoms with E-state index in [1.807, 2.05) is 0 Å². The smallest absolute Gasteiger partial charge is 0.406 e. The lowest BCUT2D eigenvalue weighted by Gasteiger charge is -2.19. The normalized spacial score (nSPS) is 19.2. The van der Waals surface area contributed by atoms with E-state index in [9.17, 15) is 32.7 Å². The van der Waals surface area contributed by atoms with Crippen molar-refractivity contribution >= 4 is 17.8 Å². The number of nitrogens with one attached hydrogen (secondary N) is 1. The van der Waals surface area contributed by atoms with E-state index < -0.39 is 42.5 Å². The Bertz CT molecular complexity index is 633. The molecule has 1 fully saturated rings. The van der Waals surface area contributed by atoms with E-state index in [4.69, 9.17) is 0 Å². The van der Waals surface area contributed by atoms with E-state index in [1.54, 1.807) is 18.2 Å². The molecule has 9 heteroatoms. The minimum absolute atomic E-state index is 0.329. The van der Waals surface area contributed by atoms with Crippen LogP contribution in [0.3, 0.4) is 0 Å². The SMILES string of the molecule is O=C(N[C@H](C(=O)O)c1ccccc1)C1CC(=O)N(CC(F)(F)F)C1. The van der Waals surface area contributed by atoms with Gasteiger partial charge in [0, 0.05) is 13.0 Å². The Balaban J connectivity index is 2.04. The molecule has 0 saturated carbocycles. The topological polar surface area (TPSA) is 86.7 Å². The third-order valence-electron chi connectivity index (χ3n) is 3.62. The van der Waals surface area contributed by atoms with Gasteiger partial charge in [-0.1, -0.05) is 30.3 Å². The maximum absolute atomic E-state index is 12.4. The van der Waals surface area contributed by atoms with Gasteiger partial charge in [-0.3, -0.25) is 9.59 Å². The van der Waals surface area contributed by atoms with Gasteiger partial charge in [-0.2, -0.15) is 13.2 Å². The number of likely N-dealkylation sites (tertiary alicyclic amines) is 1. The summed E-state index contributed by atoms with van der Waals surface area (Å²) < 4.78 is 37.1. The van der Waals surface area contributed by atoms with Crippen LogP contribution < -0.4 is 5.32 Å². The summed E-state index contributed by atoms with van der Waals surface area (Å²) in [6.45, 7) is -1.80. The largest absolute Gasteiger partial charge is 0.479 e. The standard InChI is InChI=1S/C15H15F3N2O4/c16-15(17,18)8-20-7-10(6-11(20)21)13(22)19-12(14(23)24)9-4-2-1-3-5-9/h1-5,10,12H,6-8H2,(H,19,22)(H,23,24)/t10?,12-/m0/s1. The number of halogens is 3. The van der Waals surface area contributed by atoms with Gasteiger partial charge in [-0.25, -0.2) is 4.79 Å². The molecule has 2 atom stereocenters. The molecule has 0 bridgehead atoms. The summed E-state index contributed by atoms with van der Waals surface area (Å²) in [7, 11) is 0. The molecule has 0 aromatic heterocycles. The van der Waals surface area contributed by atoms with Crippen molar-refractivity contribution in [1.82, 2.24) is 10.2 Å². The van der Waals surface area contributed by atoms with Gasteiger partial charge in [-0.05, 0) is 5.56 Å². The van der Waals surface area contributed by atoms with Crippen LogP contribution in [-0.4, -0.2) is 47.1 Å². The predicted molar refractivity (Wildman–Crippen MR) is 75.7 cm³/mol. The molecular weight excluding hydrogens is 329 g/mol. The Labute approximate surface area is 135 Å². The second kappa shape index (κ2) is 6.90. The van der Waals surface area contributed by atoms with Crippen LogP contribution in [-0.2, 0) is 14.4 Å². The Morgan fingerprint density at radius 3 is 2.46 bits per heavy atom. The highest BCUT2D eigenvalue weighted by Gasteiger charge is 2.41. The Hall–Kier alpha value is -2.58. The van der Waals surface area contributed by atoms with Crippen LogP contribution in [0, 0.1) is 5.92 Å². The van der Waals surface area contributed by atoms with Crippen molar-refractivity contribution in [3.05, 3.63) is 35.9 Å². The molecule has 1 unspecified atom stereocenters. The lowest BCUT2D eigenvalue weighted by Crippen LogP contribution is -2.40. The van der Waals surface area contributed by atoms with Gasteiger partial charge < -0.3 is 15.3 Å². The lowest BCUT2D eigenvalue weighted by molar-refractivity contribution is -0.157. The highest BCUT2D eigenvalue weighted by Crippen LogP contribution is 2.24. The van der Waals surface area contributed by atoms with Crippen LogP contribution in [0.15, 0.2) is 30.3 Å². The number of carboxylic acid groups (broad SMARTS) is 1. The minimum atomic E-state index is -4.55. The number of carbonyl (C=O) groups is 3. The van der Waals surface area contributed by atoms with Crippen molar-refractivity contribution in [1.29, 1.82) is 0 Å². The van der Waals surface area contributed by atoms with Gasteiger partial charge in [0.05, 0.1) is 5.92 Å². The second-order valence-electron chi connectivity index (χ2n) is 5.48. The molecular formula is C15H15F3N2O4. The zero-order chi connectivity index (χ0) is 17.9. The van der Waals surface area contributed by atoms with Gasteiger partial charge in [0.15, 0.2) is 6.04 Å². The number of hydrogen-bond donors (Lipinski definition) is 2. The Morgan fingerprint density at radius 1 is 1.29 bits per heavy atom. The predicted octanol–water partition coefficient (Wildman–Crippen LogP) is 1.34. The van der Waals surface area contributed by atoms with Crippen LogP contribution in [0.5, 0.6) is 0 Å². The molecule has 1 heterocycles. The van der Waals surface area contributed by atoms with Crippen molar-refractivity contribution < 1.29 is 32.7 Å². The zero-order valence-electron chi connectivity index (χ0n) is 12.4. The van der Waals surface area contributed by atoms with E-state index in [0.29, 0.717) is 10.5 Å². The maximum atomic E-state index is 12.4. The molecule has 0 spiro atoms. The fourth-order valence-electron chi connectivity index (χ4n) is 2.51. The summed E-state index contributed by atoms with van der Waals surface area (Å²) in [5.41, 5.74) is 0.329. The highest BCUT2D eigenvalue weighted by atomic mass is 19.4. The number of carbonyl (C=O) groups excluding carboxylic acids is 2. The van der Waals surface area contributed by atoms with Crippen LogP contribution in [0.25, 0.3) is 0 Å². The van der Waals surface area contributed by atoms with Gasteiger partial charge in [0.2, 0.25) is 11.8 Å². The van der Waals surface area contributed by atoms with E-state index in [2.05, 4.69) is 5.32 Å². The van der Waals surface area contributed by atoms with E-state index in [-0.39, 0.29) is 13.0 Å². The molecule has 2 N–H and O–H groups in total. The molecule has 2 rings (SSSR count). The quantitative estimate of drug-likeness (QED) is 0.844. The molecule has 24 heavy (non-hydrogen) atoms. The number of benzene rings is 1. The first-order chi connectivity index (χ1) is 11.2. The van der Waals surface area contributed by atoms with Crippen molar-refractivity contribution in [2.75, 3.05) is 13.1 Å². The molecule has 2 amide bonds. The van der Waals surface area contributed by atoms with Crippen LogP contribution >= 0.6 is 0 Å². The molecule has 1 aromatic carbocycles. The zero-order valence-corrected chi connectivity index (χ0v) is 12.4. The molecule has 1 saturated heterocycles. The highest BCUT2D eigenvalue weighted by molar-refractivity contribution is 5.91. The number of nitrogens with zero attached hydrogens (tertiary/aromatic N) is 1. The number of carboxylic acids is 1. The number of amides is 2. The molecule has 0 aliphatic carbocycles. The van der Waals surface area contributed by atoms with Gasteiger partial charge >= 0.3 is 12.1 Å². The number of alkyl halides is 3. The monoisotopic (exact) mass is 344 g/mol. The molecule has 1 aromatic rings. The lowest BCUT2D eigenvalue weighted by atomic mass is 10.0. The molecule has 0 radical (unpaired) electrons. The third-order valence-corrected chi connectivity index (χ3v) is 3.62. The van der Waals surface area contributed by atoms with Crippen molar-refractivity contribution in [2.24, 2.45) is 5.92 Å². The molecule has 6 nitrogen and oxygen atoms in total. The van der Waals surface area contributed by atoms with Crippen LogP contribution in [0.4, 0.5) is 13.2 Å². The van der Waals surface area contributed by atoms with Crippen LogP contribution in [0.1, 0.15) is 18.0 Å². The first-order valence-electron chi connectivity index (χ1n) is 7.10. The Kier molecular flexibility index (Phi) is 5.10. The van der Waals surface area contributed by atoms with Gasteiger partial charge in [-0.15, -0.1) is 0 Å². The molecule has 1 aliphatic heterocycles. The summed E-state index contributed by atoms with van der Waals surface area (Å²) in [5, 5.41) is 11.5. The summed E-state index contributed by atoms with van der Waals surface area (Å²) >= 11 is 0. The Morgan fingerprint density at radius 2 is 1.92 bits per heavy atom. The number of rotatable bonds is 5. The first-order valence-corrected chi connectivity index (χ1v) is 7.10. The summed E-state index contributed by atoms with van der Waals surface area (Å²) in [4.78, 5) is 35.6. The average molecular weight is 344 g/mol. The van der Waals surface area contributed by atoms with E-state index >= 15 is 0 Å². The van der Waals surface area contributed by atoms with Crippen molar-refractivity contribution in [3.63, 3.8) is 0 Å². The fourth-order valence-corrected chi connectivity index (χ4v) is 2.51. The number of hydrogen-bond acceptors (Lipinski definition) is 3. The van der Waals surface area contributed by atoms with Gasteiger partial charge in [0.1, 0.15) is 6.54 Å². The summed E-state index contributed by atoms with van der Waals surface area (Å²) in [5.74, 6) is -3.85. The first kappa shape index (κ1) is 17.8. The van der Waals surface area contributed by atoms with Crippen LogP contribution in [0.2, 0.25) is 0 Å². The average Bonchev–Trinajstić information content (AvgIpc) is 2.84. The van der Waals surface area contributed by atoms with Gasteiger partial charge in [0.25, 0.3) is 0 Å². The van der Waals surface area contributed by atoms with Crippen molar-refractivity contribution in [2.45, 2.75) is 18.6 Å². The second-order valence-corrected chi connectivity index (χ2v) is 5.48. The van der Waals surface area contributed by atoms with Crippen molar-refractivity contribution in [3.8, 4) is 0 Å². The van der Waals surface area contributed by atoms with E-state index in [0.717, 1.165) is 0 Å². The fraction of sp³-hybridized carbons (Fsp3) is 0.400. The third kappa shape index (κ3) is 4.46. The summed E-state index contributed by atoms with van der Waals surface area (Å²) in [6, 6.07) is 6.56. The van der Waals surface area contributed by atoms with E-state index in [1.165, 1.54) is 12.1 Å². The molecule has 130 valence electrons. The minimum Gasteiger partial charge on any atom is -0.479 e. The summed E-state index contributed by atoms with van der Waals surface area (Å²) in [6.07, 6.45) is -4.92. The number of aliphatic carboxylic acids is 1. The maximum Gasteiger partial charge on any atom is 0.406 e. The molecule has 1 aliphatic rings.